The number of hydrogen-bond acceptors (Lipinski definition) is 2. The molecule has 0 aliphatic rings. The summed E-state index contributed by atoms with van der Waals surface area (Å²) in [5.41, 5.74) is 0. The molecule has 13 heavy (non-hydrogen) atoms. The van der Waals surface area contributed by atoms with Crippen LogP contribution in [0, 0.1) is 0 Å². The van der Waals surface area contributed by atoms with Crippen LogP contribution in [-0.2, 0) is 11.2 Å². The molecule has 0 aromatic carbocycles. The lowest BCUT2D eigenvalue weighted by molar-refractivity contribution is -0.112. The average Bonchev–Trinajstić information content (AvgIpc) is 2.61. The number of ketones is 1. The van der Waals surface area contributed by atoms with Crippen molar-refractivity contribution in [2.75, 3.05) is 5.88 Å². The second-order valence-corrected chi connectivity index (χ2v) is 4.06. The first kappa shape index (κ1) is 10.5. The van der Waals surface area contributed by atoms with Gasteiger partial charge in [-0.15, -0.1) is 22.9 Å². The number of carbonyl (C=O) groups is 1. The van der Waals surface area contributed by atoms with Crippen molar-refractivity contribution in [3.63, 3.8) is 0 Å². The molecule has 0 amide bonds. The van der Waals surface area contributed by atoms with E-state index in [-0.39, 0.29) is 11.7 Å². The van der Waals surface area contributed by atoms with Crippen LogP contribution in [-0.4, -0.2) is 11.7 Å². The van der Waals surface area contributed by atoms with E-state index >= 15 is 0 Å². The van der Waals surface area contributed by atoms with Crippen LogP contribution in [0.3, 0.4) is 0 Å². The van der Waals surface area contributed by atoms with Crippen LogP contribution in [0.5, 0.6) is 0 Å². The fraction of sp³-hybridized carbons (Fsp3) is 0.300. The summed E-state index contributed by atoms with van der Waals surface area (Å²) in [6.07, 6.45) is 4.38. The third-order valence-electron chi connectivity index (χ3n) is 1.60. The summed E-state index contributed by atoms with van der Waals surface area (Å²) in [5, 5.41) is 0. The first-order valence-electron chi connectivity index (χ1n) is 4.12. The van der Waals surface area contributed by atoms with Crippen molar-refractivity contribution in [3.05, 3.63) is 28.0 Å². The number of halogens is 1. The third kappa shape index (κ3) is 3.33. The number of rotatable bonds is 4. The Morgan fingerprint density at radius 3 is 2.92 bits per heavy atom. The van der Waals surface area contributed by atoms with Crippen LogP contribution in [0.15, 0.2) is 18.2 Å². The Hall–Kier alpha value is -0.600. The maximum atomic E-state index is 10.8. The van der Waals surface area contributed by atoms with E-state index in [1.54, 1.807) is 11.3 Å². The van der Waals surface area contributed by atoms with E-state index in [1.165, 1.54) is 11.0 Å². The maximum absolute atomic E-state index is 10.8. The van der Waals surface area contributed by atoms with Gasteiger partial charge in [-0.2, -0.15) is 0 Å². The zero-order valence-corrected chi connectivity index (χ0v) is 8.99. The van der Waals surface area contributed by atoms with Gasteiger partial charge in [0.1, 0.15) is 0 Å². The molecule has 0 aliphatic heterocycles. The first-order valence-corrected chi connectivity index (χ1v) is 5.47. The van der Waals surface area contributed by atoms with Gasteiger partial charge in [0, 0.05) is 9.75 Å². The molecule has 0 aliphatic carbocycles. The van der Waals surface area contributed by atoms with Gasteiger partial charge in [-0.3, -0.25) is 4.79 Å². The molecule has 0 radical (unpaired) electrons. The molecule has 1 rings (SSSR count). The zero-order valence-electron chi connectivity index (χ0n) is 7.42. The highest BCUT2D eigenvalue weighted by molar-refractivity contribution is 7.12. The van der Waals surface area contributed by atoms with E-state index in [9.17, 15) is 4.79 Å². The fourth-order valence-electron chi connectivity index (χ4n) is 0.894. The highest BCUT2D eigenvalue weighted by Gasteiger charge is 1.95. The molecule has 3 heteroatoms. The number of alkyl halides is 1. The Bertz CT molecular complexity index is 314. The van der Waals surface area contributed by atoms with E-state index in [0.717, 1.165) is 11.3 Å². The highest BCUT2D eigenvalue weighted by Crippen LogP contribution is 2.18. The van der Waals surface area contributed by atoms with Crippen molar-refractivity contribution >= 4 is 34.8 Å². The largest absolute Gasteiger partial charge is 0.294 e. The van der Waals surface area contributed by atoms with Crippen LogP contribution in [0.4, 0.5) is 0 Å². The van der Waals surface area contributed by atoms with E-state index < -0.39 is 0 Å². The van der Waals surface area contributed by atoms with Gasteiger partial charge in [-0.1, -0.05) is 6.92 Å². The summed E-state index contributed by atoms with van der Waals surface area (Å²) < 4.78 is 0. The van der Waals surface area contributed by atoms with Crippen LogP contribution in [0.2, 0.25) is 0 Å². The number of hydrogen-bond donors (Lipinski definition) is 0. The zero-order chi connectivity index (χ0) is 9.68. The number of thiophene rings is 1. The third-order valence-corrected chi connectivity index (χ3v) is 3.05. The van der Waals surface area contributed by atoms with Crippen molar-refractivity contribution in [1.29, 1.82) is 0 Å². The lowest BCUT2D eigenvalue weighted by atomic mass is 10.3. The van der Waals surface area contributed by atoms with Crippen LogP contribution >= 0.6 is 22.9 Å². The van der Waals surface area contributed by atoms with Crippen molar-refractivity contribution in [2.45, 2.75) is 13.3 Å². The summed E-state index contributed by atoms with van der Waals surface area (Å²) in [5.74, 6) is 0.0100. The normalized spacial score (nSPS) is 10.9. The van der Waals surface area contributed by atoms with Crippen molar-refractivity contribution < 1.29 is 4.79 Å². The van der Waals surface area contributed by atoms with Gasteiger partial charge < -0.3 is 0 Å². The molecule has 0 unspecified atom stereocenters. The second kappa shape index (κ2) is 5.20. The highest BCUT2D eigenvalue weighted by atomic mass is 35.5. The fourth-order valence-corrected chi connectivity index (χ4v) is 1.84. The Kier molecular flexibility index (Phi) is 4.19. The Balaban J connectivity index is 2.63. The van der Waals surface area contributed by atoms with E-state index in [0.29, 0.717) is 0 Å². The standard InChI is InChI=1S/C10H11ClOS/c1-2-9-5-6-10(13-9)4-3-8(12)7-11/h3-6H,2,7H2,1H3. The van der Waals surface area contributed by atoms with Crippen molar-refractivity contribution in [3.8, 4) is 0 Å². The number of carbonyl (C=O) groups excluding carboxylic acids is 1. The van der Waals surface area contributed by atoms with Gasteiger partial charge >= 0.3 is 0 Å². The van der Waals surface area contributed by atoms with Gasteiger partial charge in [0.05, 0.1) is 5.88 Å². The van der Waals surface area contributed by atoms with Crippen molar-refractivity contribution in [2.24, 2.45) is 0 Å². The topological polar surface area (TPSA) is 17.1 Å². The molecule has 1 aromatic rings. The number of allylic oxidation sites excluding steroid dienone is 1. The quantitative estimate of drug-likeness (QED) is 0.556. The lowest BCUT2D eigenvalue weighted by Crippen LogP contribution is -1.90. The predicted octanol–water partition coefficient (Wildman–Crippen LogP) is 3.13. The van der Waals surface area contributed by atoms with Gasteiger partial charge in [0.25, 0.3) is 0 Å². The molecule has 0 atom stereocenters. The summed E-state index contributed by atoms with van der Waals surface area (Å²) in [4.78, 5) is 13.3. The Labute approximate surface area is 87.0 Å². The number of aryl methyl sites for hydroxylation is 1. The van der Waals surface area contributed by atoms with Crippen LogP contribution < -0.4 is 0 Å². The maximum Gasteiger partial charge on any atom is 0.170 e. The molecule has 1 aromatic heterocycles. The molecule has 0 fully saturated rings. The van der Waals surface area contributed by atoms with Gasteiger partial charge in [0.2, 0.25) is 0 Å². The molecule has 0 N–H and O–H groups in total. The monoisotopic (exact) mass is 214 g/mol. The first-order chi connectivity index (χ1) is 6.26. The molecule has 0 saturated carbocycles. The van der Waals surface area contributed by atoms with Crippen LogP contribution in [0.1, 0.15) is 16.7 Å². The minimum absolute atomic E-state index is 0.0480. The molecular formula is C10H11ClOS. The Morgan fingerprint density at radius 1 is 1.62 bits per heavy atom. The Morgan fingerprint density at radius 2 is 2.38 bits per heavy atom. The molecule has 0 saturated heterocycles. The van der Waals surface area contributed by atoms with Gasteiger partial charge in [-0.05, 0) is 30.7 Å². The van der Waals surface area contributed by atoms with E-state index in [4.69, 9.17) is 11.6 Å². The smallest absolute Gasteiger partial charge is 0.170 e. The molecular weight excluding hydrogens is 204 g/mol. The van der Waals surface area contributed by atoms with Crippen molar-refractivity contribution in [1.82, 2.24) is 0 Å². The summed E-state index contributed by atoms with van der Waals surface area (Å²) in [7, 11) is 0. The molecule has 0 spiro atoms. The minimum atomic E-state index is -0.0480. The van der Waals surface area contributed by atoms with E-state index in [1.807, 2.05) is 12.1 Å². The lowest BCUT2D eigenvalue weighted by Gasteiger charge is -1.85. The molecule has 70 valence electrons. The average molecular weight is 215 g/mol. The molecule has 1 heterocycles. The van der Waals surface area contributed by atoms with Crippen LogP contribution in [0.25, 0.3) is 6.08 Å². The summed E-state index contributed by atoms with van der Waals surface area (Å²) in [6, 6.07) is 4.09. The molecule has 0 bridgehead atoms. The summed E-state index contributed by atoms with van der Waals surface area (Å²) >= 11 is 7.06. The molecule has 1 nitrogen and oxygen atoms in total. The predicted molar refractivity (Wildman–Crippen MR) is 58.5 cm³/mol. The SMILES string of the molecule is CCc1ccc(C=CC(=O)CCl)s1. The van der Waals surface area contributed by atoms with Gasteiger partial charge in [-0.25, -0.2) is 0 Å². The van der Waals surface area contributed by atoms with E-state index in [2.05, 4.69) is 13.0 Å². The summed E-state index contributed by atoms with van der Waals surface area (Å²) in [6.45, 7) is 2.11. The second-order valence-electron chi connectivity index (χ2n) is 2.59. The van der Waals surface area contributed by atoms with Gasteiger partial charge in [0.15, 0.2) is 5.78 Å². The minimum Gasteiger partial charge on any atom is -0.294 e.